The number of nitrogens with zero attached hydrogens (tertiary/aromatic N) is 4. The maximum absolute atomic E-state index is 13.5. The molecule has 0 spiro atoms. The molecule has 5 rings (SSSR count). The summed E-state index contributed by atoms with van der Waals surface area (Å²) in [6.07, 6.45) is 6.36. The molecule has 9 heteroatoms. The van der Waals surface area contributed by atoms with Gasteiger partial charge in [-0.25, -0.2) is 8.96 Å². The van der Waals surface area contributed by atoms with Crippen LogP contribution in [0.1, 0.15) is 17.5 Å². The zero-order valence-corrected chi connectivity index (χ0v) is 17.9. The van der Waals surface area contributed by atoms with E-state index in [0.717, 1.165) is 24.6 Å². The number of imidazole rings is 1. The summed E-state index contributed by atoms with van der Waals surface area (Å²) in [5.41, 5.74) is 3.24. The van der Waals surface area contributed by atoms with Crippen LogP contribution in [0.4, 0.5) is 0 Å². The molecule has 0 amide bonds. The standard InChI is InChI=1S/C19H19ClN4O2S2/c1-22(2)13-5-3-12-4-6-16-14(15(12)11-13)7-8-24(16)28(25,26)18-17(20)21-19-23(18)9-10-27-19/h4,6-10,13H,3,5,11H2,1-2H3. The summed E-state index contributed by atoms with van der Waals surface area (Å²) in [6.45, 7) is 0. The van der Waals surface area contributed by atoms with Crippen molar-refractivity contribution in [3.8, 4) is 0 Å². The van der Waals surface area contributed by atoms with Crippen molar-refractivity contribution in [3.63, 3.8) is 0 Å². The molecule has 0 radical (unpaired) electrons. The first-order valence-corrected chi connectivity index (χ1v) is 11.7. The van der Waals surface area contributed by atoms with Gasteiger partial charge in [0.25, 0.3) is 10.0 Å². The smallest absolute Gasteiger partial charge is 0.287 e. The van der Waals surface area contributed by atoms with E-state index in [1.54, 1.807) is 17.8 Å². The lowest BCUT2D eigenvalue weighted by Gasteiger charge is -2.30. The van der Waals surface area contributed by atoms with Crippen LogP contribution in [0.15, 0.2) is 41.0 Å². The molecule has 0 saturated carbocycles. The van der Waals surface area contributed by atoms with Crippen LogP contribution < -0.4 is 0 Å². The van der Waals surface area contributed by atoms with Crippen LogP contribution in [0.25, 0.3) is 15.9 Å². The van der Waals surface area contributed by atoms with Gasteiger partial charge in [-0.05, 0) is 56.6 Å². The Hall–Kier alpha value is -1.87. The summed E-state index contributed by atoms with van der Waals surface area (Å²) in [4.78, 5) is 6.98. The Morgan fingerprint density at radius 3 is 2.86 bits per heavy atom. The third kappa shape index (κ3) is 2.55. The Labute approximate surface area is 172 Å². The maximum atomic E-state index is 13.5. The van der Waals surface area contributed by atoms with Gasteiger partial charge in [0.15, 0.2) is 10.1 Å². The average Bonchev–Trinajstić information content (AvgIpc) is 3.34. The Balaban J connectivity index is 1.70. The molecule has 6 nitrogen and oxygen atoms in total. The number of benzene rings is 1. The molecule has 1 aliphatic carbocycles. The largest absolute Gasteiger partial charge is 0.306 e. The molecule has 0 fully saturated rings. The van der Waals surface area contributed by atoms with Gasteiger partial charge in [0.1, 0.15) is 0 Å². The minimum absolute atomic E-state index is 0.000619. The van der Waals surface area contributed by atoms with Gasteiger partial charge < -0.3 is 4.90 Å². The lowest BCUT2D eigenvalue weighted by Crippen LogP contribution is -2.33. The molecular formula is C19H19ClN4O2S2. The molecule has 1 aliphatic rings. The second-order valence-corrected chi connectivity index (χ2v) is 10.3. The van der Waals surface area contributed by atoms with Gasteiger partial charge in [0.2, 0.25) is 5.03 Å². The van der Waals surface area contributed by atoms with E-state index < -0.39 is 10.0 Å². The number of likely N-dealkylation sites (N-methyl/N-ethyl adjacent to an activating group) is 1. The van der Waals surface area contributed by atoms with E-state index in [-0.39, 0.29) is 10.2 Å². The van der Waals surface area contributed by atoms with Gasteiger partial charge >= 0.3 is 0 Å². The van der Waals surface area contributed by atoms with Gasteiger partial charge in [-0.1, -0.05) is 17.7 Å². The van der Waals surface area contributed by atoms with Crippen molar-refractivity contribution in [2.24, 2.45) is 0 Å². The summed E-state index contributed by atoms with van der Waals surface area (Å²) in [5.74, 6) is 0. The molecule has 28 heavy (non-hydrogen) atoms. The van der Waals surface area contributed by atoms with E-state index in [4.69, 9.17) is 11.6 Å². The zero-order chi connectivity index (χ0) is 19.6. The molecule has 0 N–H and O–H groups in total. The van der Waals surface area contributed by atoms with Crippen molar-refractivity contribution in [2.75, 3.05) is 14.1 Å². The van der Waals surface area contributed by atoms with E-state index in [9.17, 15) is 8.42 Å². The van der Waals surface area contributed by atoms with E-state index in [1.165, 1.54) is 30.8 Å². The van der Waals surface area contributed by atoms with Crippen molar-refractivity contribution < 1.29 is 8.42 Å². The Bertz CT molecular complexity index is 1320. The highest BCUT2D eigenvalue weighted by atomic mass is 35.5. The highest BCUT2D eigenvalue weighted by molar-refractivity contribution is 7.90. The number of thiazole rings is 1. The van der Waals surface area contributed by atoms with Crippen LogP contribution in [0.5, 0.6) is 0 Å². The fraction of sp³-hybridized carbons (Fsp3) is 0.316. The zero-order valence-electron chi connectivity index (χ0n) is 15.5. The molecule has 146 valence electrons. The van der Waals surface area contributed by atoms with E-state index >= 15 is 0 Å². The van der Waals surface area contributed by atoms with Gasteiger partial charge in [-0.2, -0.15) is 8.42 Å². The maximum Gasteiger partial charge on any atom is 0.287 e. The van der Waals surface area contributed by atoms with E-state index in [2.05, 4.69) is 30.0 Å². The first-order chi connectivity index (χ1) is 13.4. The molecule has 0 bridgehead atoms. The first-order valence-electron chi connectivity index (χ1n) is 9.03. The summed E-state index contributed by atoms with van der Waals surface area (Å²) in [6, 6.07) is 6.34. The van der Waals surface area contributed by atoms with Gasteiger partial charge in [0, 0.05) is 29.2 Å². The van der Waals surface area contributed by atoms with E-state index in [0.29, 0.717) is 16.5 Å². The van der Waals surface area contributed by atoms with Crippen molar-refractivity contribution in [1.82, 2.24) is 18.3 Å². The quantitative estimate of drug-likeness (QED) is 0.493. The van der Waals surface area contributed by atoms with Gasteiger partial charge in [0.05, 0.1) is 5.52 Å². The Morgan fingerprint density at radius 1 is 1.25 bits per heavy atom. The number of hydrogen-bond acceptors (Lipinski definition) is 5. The lowest BCUT2D eigenvalue weighted by atomic mass is 9.86. The normalized spacial score (nSPS) is 17.6. The van der Waals surface area contributed by atoms with Crippen LogP contribution in [0, 0.1) is 0 Å². The third-order valence-electron chi connectivity index (χ3n) is 5.64. The van der Waals surface area contributed by atoms with E-state index in [1.807, 2.05) is 12.1 Å². The molecular weight excluding hydrogens is 416 g/mol. The first kappa shape index (κ1) is 18.2. The van der Waals surface area contributed by atoms with Crippen LogP contribution in [0.3, 0.4) is 0 Å². The second-order valence-electron chi connectivity index (χ2n) is 7.38. The van der Waals surface area contributed by atoms with Crippen LogP contribution in [-0.4, -0.2) is 46.8 Å². The van der Waals surface area contributed by atoms with Gasteiger partial charge in [-0.3, -0.25) is 4.40 Å². The molecule has 1 aromatic carbocycles. The predicted molar refractivity (Wildman–Crippen MR) is 112 cm³/mol. The predicted octanol–water partition coefficient (Wildman–Crippen LogP) is 3.66. The SMILES string of the molecule is CN(C)C1CCc2ccc3c(ccn3S(=O)(=O)c3c(Cl)nc4sccn34)c2C1. The number of rotatable bonds is 3. The fourth-order valence-corrected chi connectivity index (χ4v) is 6.91. The van der Waals surface area contributed by atoms with Crippen molar-refractivity contribution >= 4 is 48.8 Å². The van der Waals surface area contributed by atoms with Crippen molar-refractivity contribution in [2.45, 2.75) is 30.3 Å². The Kier molecular flexibility index (Phi) is 4.10. The minimum Gasteiger partial charge on any atom is -0.306 e. The monoisotopic (exact) mass is 434 g/mol. The molecule has 0 saturated heterocycles. The number of aromatic nitrogens is 3. The third-order valence-corrected chi connectivity index (χ3v) is 8.49. The number of halogens is 1. The highest BCUT2D eigenvalue weighted by Crippen LogP contribution is 2.34. The number of fused-ring (bicyclic) bond motifs is 4. The number of aryl methyl sites for hydroxylation is 1. The van der Waals surface area contributed by atoms with Crippen molar-refractivity contribution in [3.05, 3.63) is 52.3 Å². The molecule has 4 aromatic rings. The summed E-state index contributed by atoms with van der Waals surface area (Å²) >= 11 is 7.56. The van der Waals surface area contributed by atoms with Crippen LogP contribution in [0.2, 0.25) is 5.15 Å². The topological polar surface area (TPSA) is 59.6 Å². The minimum atomic E-state index is -3.88. The summed E-state index contributed by atoms with van der Waals surface area (Å²) < 4.78 is 29.8. The summed E-state index contributed by atoms with van der Waals surface area (Å²) in [7, 11) is 0.312. The number of hydrogen-bond donors (Lipinski definition) is 0. The average molecular weight is 435 g/mol. The van der Waals surface area contributed by atoms with Crippen LogP contribution in [-0.2, 0) is 22.9 Å². The Morgan fingerprint density at radius 2 is 2.07 bits per heavy atom. The molecule has 3 heterocycles. The van der Waals surface area contributed by atoms with Crippen LogP contribution >= 0.6 is 22.9 Å². The molecule has 0 aliphatic heterocycles. The highest BCUT2D eigenvalue weighted by Gasteiger charge is 2.29. The molecule has 1 atom stereocenters. The van der Waals surface area contributed by atoms with Gasteiger partial charge in [-0.15, -0.1) is 11.3 Å². The fourth-order valence-electron chi connectivity index (χ4n) is 4.15. The van der Waals surface area contributed by atoms with Crippen molar-refractivity contribution in [1.29, 1.82) is 0 Å². The summed E-state index contributed by atoms with van der Waals surface area (Å²) in [5, 5.41) is 2.80. The molecule has 3 aromatic heterocycles. The second kappa shape index (κ2) is 6.32. The lowest BCUT2D eigenvalue weighted by molar-refractivity contribution is 0.269. The molecule has 1 unspecified atom stereocenters.